The number of hydrogen-bond acceptors (Lipinski definition) is 1. The zero-order valence-corrected chi connectivity index (χ0v) is 11.8. The Morgan fingerprint density at radius 3 is 2.26 bits per heavy atom. The Labute approximate surface area is 119 Å². The molecule has 0 aromatic heterocycles. The molecule has 0 heterocycles. The molecule has 3 rings (SSSR count). The first kappa shape index (κ1) is 12.3. The van der Waals surface area contributed by atoms with Gasteiger partial charge in [-0.2, -0.15) is 12.6 Å². The van der Waals surface area contributed by atoms with Gasteiger partial charge in [-0.3, -0.25) is 0 Å². The van der Waals surface area contributed by atoms with Crippen LogP contribution in [0.2, 0.25) is 0 Å². The second-order valence-electron chi connectivity index (χ2n) is 4.88. The van der Waals surface area contributed by atoms with Gasteiger partial charge in [0.05, 0.1) is 5.25 Å². The van der Waals surface area contributed by atoms with E-state index < -0.39 is 0 Å². The second kappa shape index (κ2) is 5.10. The highest BCUT2D eigenvalue weighted by Gasteiger charge is 2.11. The van der Waals surface area contributed by atoms with Crippen molar-refractivity contribution in [1.82, 2.24) is 0 Å². The van der Waals surface area contributed by atoms with Crippen LogP contribution in [0.3, 0.4) is 0 Å². The van der Waals surface area contributed by atoms with Gasteiger partial charge in [-0.1, -0.05) is 72.3 Å². The van der Waals surface area contributed by atoms with E-state index in [-0.39, 0.29) is 5.25 Å². The Morgan fingerprint density at radius 1 is 0.789 bits per heavy atom. The van der Waals surface area contributed by atoms with Crippen molar-refractivity contribution in [3.05, 3.63) is 83.4 Å². The second-order valence-corrected chi connectivity index (χ2v) is 5.40. The first-order chi connectivity index (χ1) is 9.25. The monoisotopic (exact) mass is 264 g/mol. The molecule has 0 aliphatic carbocycles. The van der Waals surface area contributed by atoms with Crippen molar-refractivity contribution in [3.8, 4) is 0 Å². The van der Waals surface area contributed by atoms with Crippen molar-refractivity contribution in [2.45, 2.75) is 12.2 Å². The molecule has 0 bridgehead atoms. The summed E-state index contributed by atoms with van der Waals surface area (Å²) in [7, 11) is 0. The van der Waals surface area contributed by atoms with Crippen molar-refractivity contribution in [2.24, 2.45) is 0 Å². The van der Waals surface area contributed by atoms with Crippen LogP contribution >= 0.6 is 12.6 Å². The first-order valence-corrected chi connectivity index (χ1v) is 6.99. The van der Waals surface area contributed by atoms with Crippen molar-refractivity contribution >= 4 is 23.4 Å². The normalized spacial score (nSPS) is 12.5. The van der Waals surface area contributed by atoms with Crippen LogP contribution in [0.15, 0.2) is 66.7 Å². The minimum atomic E-state index is 0.117. The largest absolute Gasteiger partial charge is 0.166 e. The summed E-state index contributed by atoms with van der Waals surface area (Å²) < 4.78 is 0. The van der Waals surface area contributed by atoms with Gasteiger partial charge >= 0.3 is 0 Å². The molecule has 1 atom stereocenters. The molecule has 19 heavy (non-hydrogen) atoms. The van der Waals surface area contributed by atoms with E-state index in [0.717, 1.165) is 0 Å². The Hall–Kier alpha value is -1.73. The molecule has 1 unspecified atom stereocenters. The van der Waals surface area contributed by atoms with Crippen LogP contribution in [0, 0.1) is 6.92 Å². The highest BCUT2D eigenvalue weighted by Crippen LogP contribution is 2.33. The molecule has 1 heteroatoms. The molecule has 0 aliphatic rings. The maximum Gasteiger partial charge on any atom is 0.0522 e. The van der Waals surface area contributed by atoms with Crippen LogP contribution in [-0.4, -0.2) is 0 Å². The molecule has 3 aromatic rings. The highest BCUT2D eigenvalue weighted by molar-refractivity contribution is 7.80. The van der Waals surface area contributed by atoms with E-state index in [2.05, 4.69) is 73.7 Å². The fourth-order valence-electron chi connectivity index (χ4n) is 2.42. The average molecular weight is 264 g/mol. The summed E-state index contributed by atoms with van der Waals surface area (Å²) in [5.74, 6) is 0. The zero-order valence-electron chi connectivity index (χ0n) is 10.9. The van der Waals surface area contributed by atoms with Crippen LogP contribution < -0.4 is 0 Å². The first-order valence-electron chi connectivity index (χ1n) is 6.48. The lowest BCUT2D eigenvalue weighted by Gasteiger charge is -2.14. The highest BCUT2D eigenvalue weighted by atomic mass is 32.1. The number of aryl methyl sites for hydroxylation is 1. The number of rotatable bonds is 2. The minimum absolute atomic E-state index is 0.117. The molecule has 0 radical (unpaired) electrons. The minimum Gasteiger partial charge on any atom is -0.166 e. The van der Waals surface area contributed by atoms with Crippen LogP contribution in [0.4, 0.5) is 0 Å². The Bertz CT molecular complexity index is 693. The van der Waals surface area contributed by atoms with Gasteiger partial charge in [0.2, 0.25) is 0 Å². The lowest BCUT2D eigenvalue weighted by molar-refractivity contribution is 1.18. The van der Waals surface area contributed by atoms with Gasteiger partial charge in [0, 0.05) is 0 Å². The SMILES string of the molecule is Cc1ccc(C(S)c2cccc3ccccc23)cc1. The molecule has 0 amide bonds. The van der Waals surface area contributed by atoms with E-state index >= 15 is 0 Å². The number of fused-ring (bicyclic) bond motifs is 1. The van der Waals surface area contributed by atoms with E-state index in [1.807, 2.05) is 0 Å². The van der Waals surface area contributed by atoms with Gasteiger partial charge < -0.3 is 0 Å². The van der Waals surface area contributed by atoms with Crippen LogP contribution in [-0.2, 0) is 0 Å². The molecular formula is C18H16S. The van der Waals surface area contributed by atoms with Crippen LogP contribution in [0.5, 0.6) is 0 Å². The lowest BCUT2D eigenvalue weighted by atomic mass is 9.97. The molecule has 0 spiro atoms. The van der Waals surface area contributed by atoms with E-state index in [4.69, 9.17) is 12.6 Å². The molecule has 0 aliphatic heterocycles. The maximum atomic E-state index is 4.82. The standard InChI is InChI=1S/C18H16S/c1-13-9-11-15(12-10-13)18(19)17-8-4-6-14-5-2-3-7-16(14)17/h2-12,18-19H,1H3. The third kappa shape index (κ3) is 2.39. The molecule has 0 nitrogen and oxygen atoms in total. The third-order valence-corrected chi connectivity index (χ3v) is 4.09. The van der Waals surface area contributed by atoms with E-state index in [1.165, 1.54) is 27.5 Å². The Kier molecular flexibility index (Phi) is 3.31. The molecular weight excluding hydrogens is 248 g/mol. The van der Waals surface area contributed by atoms with E-state index in [9.17, 15) is 0 Å². The van der Waals surface area contributed by atoms with Gasteiger partial charge in [-0.15, -0.1) is 0 Å². The fraction of sp³-hybridized carbons (Fsp3) is 0.111. The Balaban J connectivity index is 2.11. The van der Waals surface area contributed by atoms with Gasteiger partial charge in [-0.25, -0.2) is 0 Å². The fourth-order valence-corrected chi connectivity index (χ4v) is 2.81. The smallest absolute Gasteiger partial charge is 0.0522 e. The predicted octanol–water partition coefficient (Wildman–Crippen LogP) is 5.17. The average Bonchev–Trinajstić information content (AvgIpc) is 2.47. The summed E-state index contributed by atoms with van der Waals surface area (Å²) in [5, 5.41) is 2.67. The molecule has 0 saturated heterocycles. The maximum absolute atomic E-state index is 4.82. The molecule has 94 valence electrons. The van der Waals surface area contributed by atoms with Crippen molar-refractivity contribution in [1.29, 1.82) is 0 Å². The summed E-state index contributed by atoms with van der Waals surface area (Å²) in [6.07, 6.45) is 0. The van der Waals surface area contributed by atoms with Gasteiger partial charge in [-0.05, 0) is 28.8 Å². The summed E-state index contributed by atoms with van der Waals surface area (Å²) >= 11 is 4.82. The molecule has 0 N–H and O–H groups in total. The summed E-state index contributed by atoms with van der Waals surface area (Å²) in [4.78, 5) is 0. The molecule has 0 fully saturated rings. The van der Waals surface area contributed by atoms with Crippen LogP contribution in [0.1, 0.15) is 21.9 Å². The topological polar surface area (TPSA) is 0 Å². The quantitative estimate of drug-likeness (QED) is 0.607. The molecule has 3 aromatic carbocycles. The molecule has 0 saturated carbocycles. The predicted molar refractivity (Wildman–Crippen MR) is 86.0 cm³/mol. The number of thiol groups is 1. The summed E-state index contributed by atoms with van der Waals surface area (Å²) in [6.45, 7) is 2.11. The van der Waals surface area contributed by atoms with Crippen molar-refractivity contribution in [2.75, 3.05) is 0 Å². The summed E-state index contributed by atoms with van der Waals surface area (Å²) in [6, 6.07) is 23.5. The van der Waals surface area contributed by atoms with Crippen LogP contribution in [0.25, 0.3) is 10.8 Å². The van der Waals surface area contributed by atoms with Gasteiger partial charge in [0.15, 0.2) is 0 Å². The van der Waals surface area contributed by atoms with E-state index in [1.54, 1.807) is 0 Å². The lowest BCUT2D eigenvalue weighted by Crippen LogP contribution is -1.94. The number of hydrogen-bond donors (Lipinski definition) is 1. The van der Waals surface area contributed by atoms with Crippen molar-refractivity contribution in [3.63, 3.8) is 0 Å². The van der Waals surface area contributed by atoms with Gasteiger partial charge in [0.1, 0.15) is 0 Å². The third-order valence-electron chi connectivity index (χ3n) is 3.51. The van der Waals surface area contributed by atoms with E-state index in [0.29, 0.717) is 0 Å². The Morgan fingerprint density at radius 2 is 1.47 bits per heavy atom. The van der Waals surface area contributed by atoms with Crippen molar-refractivity contribution < 1.29 is 0 Å². The van der Waals surface area contributed by atoms with Gasteiger partial charge in [0.25, 0.3) is 0 Å². The number of benzene rings is 3. The zero-order chi connectivity index (χ0) is 13.2. The summed E-state index contributed by atoms with van der Waals surface area (Å²) in [5.41, 5.74) is 3.79.